The van der Waals surface area contributed by atoms with Crippen LogP contribution in [-0.4, -0.2) is 31.6 Å². The highest BCUT2D eigenvalue weighted by Crippen LogP contribution is 2.41. The van der Waals surface area contributed by atoms with E-state index < -0.39 is 0 Å². The summed E-state index contributed by atoms with van der Waals surface area (Å²) in [6.45, 7) is 0.825. The van der Waals surface area contributed by atoms with Crippen molar-refractivity contribution in [3.05, 3.63) is 29.8 Å². The van der Waals surface area contributed by atoms with Gasteiger partial charge in [-0.2, -0.15) is 0 Å². The summed E-state index contributed by atoms with van der Waals surface area (Å²) in [4.78, 5) is 11.7. The molecule has 4 nitrogen and oxygen atoms in total. The molecule has 1 saturated heterocycles. The topological polar surface area (TPSA) is 50.4 Å². The maximum absolute atomic E-state index is 11.7. The van der Waals surface area contributed by atoms with Gasteiger partial charge in [0.05, 0.1) is 13.2 Å². The second-order valence-corrected chi connectivity index (χ2v) is 5.76. The van der Waals surface area contributed by atoms with E-state index in [1.807, 2.05) is 12.1 Å². The third-order valence-corrected chi connectivity index (χ3v) is 4.44. The molecule has 20 heavy (non-hydrogen) atoms. The fourth-order valence-corrected chi connectivity index (χ4v) is 3.23. The molecule has 4 heteroatoms. The largest absolute Gasteiger partial charge is 0.496 e. The lowest BCUT2D eigenvalue weighted by Crippen LogP contribution is -2.54. The van der Waals surface area contributed by atoms with Gasteiger partial charge in [0.25, 0.3) is 0 Å². The summed E-state index contributed by atoms with van der Waals surface area (Å²) in [5.74, 6) is 1.69. The number of carbonyl (C=O) groups is 1. The molecular weight excluding hydrogens is 252 g/mol. The van der Waals surface area contributed by atoms with Crippen LogP contribution in [0.4, 0.5) is 0 Å². The first-order valence-electron chi connectivity index (χ1n) is 7.44. The molecule has 1 aromatic rings. The summed E-state index contributed by atoms with van der Waals surface area (Å²) in [7, 11) is 1.72. The summed E-state index contributed by atoms with van der Waals surface area (Å²) < 4.78 is 5.42. The van der Waals surface area contributed by atoms with Crippen LogP contribution in [0.5, 0.6) is 5.75 Å². The van der Waals surface area contributed by atoms with Gasteiger partial charge in [-0.3, -0.25) is 4.79 Å². The fraction of sp³-hybridized carbons (Fsp3) is 0.562. The van der Waals surface area contributed by atoms with Gasteiger partial charge in [-0.15, -0.1) is 0 Å². The summed E-state index contributed by atoms with van der Waals surface area (Å²) >= 11 is 0. The van der Waals surface area contributed by atoms with Crippen LogP contribution in [0.3, 0.4) is 0 Å². The number of para-hydroxylation sites is 1. The van der Waals surface area contributed by atoms with E-state index in [-0.39, 0.29) is 11.9 Å². The van der Waals surface area contributed by atoms with Gasteiger partial charge >= 0.3 is 0 Å². The number of benzene rings is 1. The zero-order valence-electron chi connectivity index (χ0n) is 11.9. The number of rotatable bonds is 4. The van der Waals surface area contributed by atoms with Crippen molar-refractivity contribution in [1.29, 1.82) is 0 Å². The lowest BCUT2D eigenvalue weighted by atomic mass is 9.75. The zero-order chi connectivity index (χ0) is 13.9. The maximum atomic E-state index is 11.7. The van der Waals surface area contributed by atoms with Crippen molar-refractivity contribution in [1.82, 2.24) is 10.6 Å². The van der Waals surface area contributed by atoms with Crippen LogP contribution in [-0.2, 0) is 4.79 Å². The summed E-state index contributed by atoms with van der Waals surface area (Å²) in [6, 6.07) is 8.69. The maximum Gasteiger partial charge on any atom is 0.237 e. The van der Waals surface area contributed by atoms with E-state index in [0.29, 0.717) is 12.0 Å². The van der Waals surface area contributed by atoms with Crippen LogP contribution < -0.4 is 15.4 Å². The minimum absolute atomic E-state index is 0.00682. The molecule has 1 unspecified atom stereocenters. The van der Waals surface area contributed by atoms with Crippen LogP contribution >= 0.6 is 0 Å². The Hall–Kier alpha value is -1.55. The van der Waals surface area contributed by atoms with Crippen molar-refractivity contribution in [2.75, 3.05) is 13.7 Å². The Morgan fingerprint density at radius 3 is 2.85 bits per heavy atom. The van der Waals surface area contributed by atoms with Gasteiger partial charge in [0.15, 0.2) is 0 Å². The van der Waals surface area contributed by atoms with Gasteiger partial charge in [-0.1, -0.05) is 18.2 Å². The van der Waals surface area contributed by atoms with Crippen molar-refractivity contribution in [2.45, 2.75) is 43.7 Å². The van der Waals surface area contributed by atoms with Crippen molar-refractivity contribution in [3.8, 4) is 5.75 Å². The smallest absolute Gasteiger partial charge is 0.237 e. The van der Waals surface area contributed by atoms with E-state index in [4.69, 9.17) is 4.74 Å². The number of hydrogen-bond acceptors (Lipinski definition) is 3. The fourth-order valence-electron chi connectivity index (χ4n) is 3.23. The third kappa shape index (κ3) is 2.66. The van der Waals surface area contributed by atoms with E-state index in [2.05, 4.69) is 22.8 Å². The van der Waals surface area contributed by atoms with Crippen molar-refractivity contribution in [3.63, 3.8) is 0 Å². The first-order chi connectivity index (χ1) is 9.78. The Kier molecular flexibility index (Phi) is 3.92. The Labute approximate surface area is 119 Å². The molecule has 1 atom stereocenters. The van der Waals surface area contributed by atoms with E-state index >= 15 is 0 Å². The molecule has 2 aliphatic rings. The standard InChI is InChI=1S/C16H22N2O2/c1-20-15-7-3-2-5-13(15)11-9-12(10-11)18-14-6-4-8-17-16(14)19/h2-3,5,7,11-12,14,18H,4,6,8-10H2,1H3,(H,17,19). The van der Waals surface area contributed by atoms with Crippen LogP contribution in [0.1, 0.15) is 37.2 Å². The lowest BCUT2D eigenvalue weighted by molar-refractivity contribution is -0.124. The molecule has 0 aromatic heterocycles. The summed E-state index contributed by atoms with van der Waals surface area (Å²) in [6.07, 6.45) is 4.21. The van der Waals surface area contributed by atoms with Crippen LogP contribution in [0.2, 0.25) is 0 Å². The molecule has 3 rings (SSSR count). The second-order valence-electron chi connectivity index (χ2n) is 5.76. The molecule has 2 fully saturated rings. The molecule has 0 spiro atoms. The quantitative estimate of drug-likeness (QED) is 0.880. The molecular formula is C16H22N2O2. The van der Waals surface area contributed by atoms with E-state index in [0.717, 1.165) is 38.0 Å². The molecule has 1 heterocycles. The number of amides is 1. The first-order valence-corrected chi connectivity index (χ1v) is 7.44. The van der Waals surface area contributed by atoms with E-state index in [1.54, 1.807) is 7.11 Å². The molecule has 1 aliphatic heterocycles. The Morgan fingerprint density at radius 1 is 1.30 bits per heavy atom. The molecule has 1 aliphatic carbocycles. The van der Waals surface area contributed by atoms with Crippen LogP contribution in [0.25, 0.3) is 0 Å². The van der Waals surface area contributed by atoms with E-state index in [1.165, 1.54) is 5.56 Å². The number of carbonyl (C=O) groups excluding carboxylic acids is 1. The number of nitrogens with one attached hydrogen (secondary N) is 2. The molecule has 0 bridgehead atoms. The lowest BCUT2D eigenvalue weighted by Gasteiger charge is -2.39. The third-order valence-electron chi connectivity index (χ3n) is 4.44. The highest BCUT2D eigenvalue weighted by molar-refractivity contribution is 5.82. The highest BCUT2D eigenvalue weighted by Gasteiger charge is 2.35. The normalized spacial score (nSPS) is 29.4. The zero-order valence-corrected chi connectivity index (χ0v) is 11.9. The minimum Gasteiger partial charge on any atom is -0.496 e. The average molecular weight is 274 g/mol. The second kappa shape index (κ2) is 5.83. The number of ether oxygens (including phenoxy) is 1. The van der Waals surface area contributed by atoms with Crippen LogP contribution in [0.15, 0.2) is 24.3 Å². The van der Waals surface area contributed by atoms with Crippen molar-refractivity contribution in [2.24, 2.45) is 0 Å². The molecule has 1 aromatic carbocycles. The Bertz CT molecular complexity index is 483. The molecule has 108 valence electrons. The van der Waals surface area contributed by atoms with Gasteiger partial charge in [-0.05, 0) is 43.2 Å². The minimum atomic E-state index is 0.00682. The SMILES string of the molecule is COc1ccccc1C1CC(NC2CCCNC2=O)C1. The molecule has 1 amide bonds. The highest BCUT2D eigenvalue weighted by atomic mass is 16.5. The van der Waals surface area contributed by atoms with Gasteiger partial charge in [-0.25, -0.2) is 0 Å². The monoisotopic (exact) mass is 274 g/mol. The molecule has 1 saturated carbocycles. The van der Waals surface area contributed by atoms with Crippen molar-refractivity contribution < 1.29 is 9.53 Å². The van der Waals surface area contributed by atoms with Gasteiger partial charge in [0.2, 0.25) is 5.91 Å². The predicted molar refractivity (Wildman–Crippen MR) is 77.9 cm³/mol. The molecule has 2 N–H and O–H groups in total. The first kappa shape index (κ1) is 13.4. The Morgan fingerprint density at radius 2 is 2.10 bits per heavy atom. The van der Waals surface area contributed by atoms with Crippen molar-refractivity contribution >= 4 is 5.91 Å². The molecule has 0 radical (unpaired) electrons. The number of hydrogen-bond donors (Lipinski definition) is 2. The van der Waals surface area contributed by atoms with Gasteiger partial charge in [0, 0.05) is 12.6 Å². The van der Waals surface area contributed by atoms with Crippen LogP contribution in [0, 0.1) is 0 Å². The predicted octanol–water partition coefficient (Wildman–Crippen LogP) is 1.81. The summed E-state index contributed by atoms with van der Waals surface area (Å²) in [5, 5.41) is 6.41. The number of piperidine rings is 1. The van der Waals surface area contributed by atoms with Gasteiger partial charge < -0.3 is 15.4 Å². The number of methoxy groups -OCH3 is 1. The average Bonchev–Trinajstić information content (AvgIpc) is 2.44. The van der Waals surface area contributed by atoms with Gasteiger partial charge in [0.1, 0.15) is 5.75 Å². The van der Waals surface area contributed by atoms with E-state index in [9.17, 15) is 4.79 Å². The Balaban J connectivity index is 1.54. The summed E-state index contributed by atoms with van der Waals surface area (Å²) in [5.41, 5.74) is 1.29.